The molecule has 3 unspecified atom stereocenters. The van der Waals surface area contributed by atoms with E-state index in [4.69, 9.17) is 4.74 Å². The number of anilines is 1. The third kappa shape index (κ3) is 6.24. The van der Waals surface area contributed by atoms with E-state index in [1.54, 1.807) is 27.6 Å². The molecule has 44 heavy (non-hydrogen) atoms. The van der Waals surface area contributed by atoms with Crippen molar-refractivity contribution in [3.63, 3.8) is 0 Å². The van der Waals surface area contributed by atoms with Crippen molar-refractivity contribution in [1.82, 2.24) is 4.90 Å². The van der Waals surface area contributed by atoms with Crippen molar-refractivity contribution in [2.75, 3.05) is 31.2 Å². The summed E-state index contributed by atoms with van der Waals surface area (Å²) in [5.41, 5.74) is 0.757. The van der Waals surface area contributed by atoms with Gasteiger partial charge in [-0.05, 0) is 61.4 Å². The molecule has 6 atom stereocenters. The van der Waals surface area contributed by atoms with E-state index >= 15 is 0 Å². The van der Waals surface area contributed by atoms with Gasteiger partial charge in [-0.25, -0.2) is 0 Å². The Morgan fingerprint density at radius 3 is 2.59 bits per heavy atom. The van der Waals surface area contributed by atoms with Gasteiger partial charge in [-0.1, -0.05) is 71.3 Å². The molecular weight excluding hydrogens is 640 g/mol. The molecule has 2 bridgehead atoms. The van der Waals surface area contributed by atoms with E-state index in [9.17, 15) is 19.5 Å². The molecule has 0 radical (unpaired) electrons. The Balaban J connectivity index is 1.47. The second-order valence-electron chi connectivity index (χ2n) is 12.1. The largest absolute Gasteiger partial charge is 0.465 e. The fourth-order valence-corrected chi connectivity index (χ4v) is 10.9. The molecular formula is C35H43BrN2O5S. The molecule has 0 aliphatic carbocycles. The number of ether oxygens (including phenoxy) is 1. The Hall–Kier alpha value is -2.62. The third-order valence-electron chi connectivity index (χ3n) is 9.27. The van der Waals surface area contributed by atoms with E-state index in [2.05, 4.69) is 29.1 Å². The molecule has 3 saturated heterocycles. The Morgan fingerprint density at radius 2 is 1.84 bits per heavy atom. The smallest absolute Gasteiger partial charge is 0.310 e. The number of aliphatic hydroxyl groups excluding tert-OH is 1. The Kier molecular flexibility index (Phi) is 10.9. The minimum absolute atomic E-state index is 0.0109. The number of fused-ring (bicyclic) bond motifs is 2. The topological polar surface area (TPSA) is 87.1 Å². The molecule has 2 aromatic rings. The minimum Gasteiger partial charge on any atom is -0.465 e. The van der Waals surface area contributed by atoms with Crippen LogP contribution in [0.25, 0.3) is 10.8 Å². The van der Waals surface area contributed by atoms with Crippen molar-refractivity contribution >= 4 is 61.9 Å². The summed E-state index contributed by atoms with van der Waals surface area (Å²) in [5, 5.41) is 11.2. The zero-order chi connectivity index (χ0) is 31.3. The van der Waals surface area contributed by atoms with Gasteiger partial charge >= 0.3 is 5.97 Å². The standard InChI is InChI=1S/C35H43BrN2O5S/c1-3-5-6-13-21-43-34(42)28-29-32(40)38(19-11-7-8-12-20-39)31(35(29)23-27(36)30(28)44-35)33(41)37(18-4-2)26-17-16-24-14-9-10-15-25(24)22-26/h3-4,9-10,14-17,22,27-31,39H,1-2,5-8,11-13,18-21,23H2/t27?,28-,29-,30-,31?,35?/m0/s1. The minimum atomic E-state index is -0.735. The summed E-state index contributed by atoms with van der Waals surface area (Å²) >= 11 is 5.48. The number of rotatable bonds is 16. The summed E-state index contributed by atoms with van der Waals surface area (Å²) in [6, 6.07) is 13.3. The lowest BCUT2D eigenvalue weighted by Crippen LogP contribution is -2.55. The van der Waals surface area contributed by atoms with Gasteiger partial charge in [0.25, 0.3) is 5.91 Å². The van der Waals surface area contributed by atoms with E-state index in [1.165, 1.54) is 0 Å². The molecule has 0 aromatic heterocycles. The van der Waals surface area contributed by atoms with Crippen LogP contribution in [-0.4, -0.2) is 75.0 Å². The molecule has 3 fully saturated rings. The van der Waals surface area contributed by atoms with E-state index in [0.29, 0.717) is 32.5 Å². The maximum atomic E-state index is 14.8. The van der Waals surface area contributed by atoms with Crippen LogP contribution >= 0.6 is 27.7 Å². The number of hydrogen-bond acceptors (Lipinski definition) is 6. The monoisotopic (exact) mass is 682 g/mol. The van der Waals surface area contributed by atoms with Gasteiger partial charge in [-0.15, -0.1) is 24.9 Å². The molecule has 236 valence electrons. The summed E-state index contributed by atoms with van der Waals surface area (Å²) in [7, 11) is 0. The van der Waals surface area contributed by atoms with Crippen molar-refractivity contribution in [2.45, 2.75) is 72.2 Å². The molecule has 1 spiro atoms. The molecule has 1 N–H and O–H groups in total. The molecule has 3 aliphatic heterocycles. The number of benzene rings is 2. The number of carbonyl (C=O) groups is 3. The number of alkyl halides is 1. The van der Waals surface area contributed by atoms with E-state index in [0.717, 1.165) is 55.0 Å². The van der Waals surface area contributed by atoms with Gasteiger partial charge < -0.3 is 19.6 Å². The summed E-state index contributed by atoms with van der Waals surface area (Å²) in [6.45, 7) is 8.87. The number of carbonyl (C=O) groups excluding carboxylic acids is 3. The fourth-order valence-electron chi connectivity index (χ4n) is 7.27. The number of likely N-dealkylation sites (tertiary alicyclic amines) is 1. The number of nitrogens with zero attached hydrogens (tertiary/aromatic N) is 2. The van der Waals surface area contributed by atoms with Crippen molar-refractivity contribution < 1.29 is 24.2 Å². The lowest BCUT2D eigenvalue weighted by Gasteiger charge is -2.38. The van der Waals surface area contributed by atoms with Crippen LogP contribution < -0.4 is 4.90 Å². The van der Waals surface area contributed by atoms with E-state index < -0.39 is 22.6 Å². The van der Waals surface area contributed by atoms with Crippen molar-refractivity contribution in [2.24, 2.45) is 11.8 Å². The van der Waals surface area contributed by atoms with E-state index in [-0.39, 0.29) is 34.5 Å². The van der Waals surface area contributed by atoms with Gasteiger partial charge in [-0.2, -0.15) is 0 Å². The Morgan fingerprint density at radius 1 is 1.07 bits per heavy atom. The molecule has 5 rings (SSSR count). The van der Waals surface area contributed by atoms with Crippen LogP contribution in [0.15, 0.2) is 67.8 Å². The Labute approximate surface area is 273 Å². The zero-order valence-electron chi connectivity index (χ0n) is 25.2. The van der Waals surface area contributed by atoms with Gasteiger partial charge in [0.2, 0.25) is 5.91 Å². The molecule has 0 saturated carbocycles. The van der Waals surface area contributed by atoms with Crippen molar-refractivity contribution in [3.8, 4) is 0 Å². The third-order valence-corrected chi connectivity index (χ3v) is 12.5. The van der Waals surface area contributed by atoms with Crippen LogP contribution in [0.1, 0.15) is 51.4 Å². The van der Waals surface area contributed by atoms with Crippen molar-refractivity contribution in [1.29, 1.82) is 0 Å². The summed E-state index contributed by atoms with van der Waals surface area (Å²) in [6.07, 6.45) is 9.83. The summed E-state index contributed by atoms with van der Waals surface area (Å²) in [5.74, 6) is -1.81. The van der Waals surface area contributed by atoms with Crippen LogP contribution in [-0.2, 0) is 19.1 Å². The zero-order valence-corrected chi connectivity index (χ0v) is 27.6. The highest BCUT2D eigenvalue weighted by molar-refractivity contribution is 9.09. The molecule has 2 amide bonds. The maximum Gasteiger partial charge on any atom is 0.310 e. The van der Waals surface area contributed by atoms with Gasteiger partial charge in [0.05, 0.1) is 23.2 Å². The number of unbranched alkanes of at least 4 members (excludes halogenated alkanes) is 5. The number of amides is 2. The summed E-state index contributed by atoms with van der Waals surface area (Å²) < 4.78 is 5.03. The first-order chi connectivity index (χ1) is 21.4. The normalized spacial score (nSPS) is 27.0. The lowest BCUT2D eigenvalue weighted by molar-refractivity contribution is -0.154. The van der Waals surface area contributed by atoms with Crippen LogP contribution in [0.4, 0.5) is 5.69 Å². The quantitative estimate of drug-likeness (QED) is 0.0972. The fraction of sp³-hybridized carbons (Fsp3) is 0.514. The first kappa shape index (κ1) is 32.8. The second kappa shape index (κ2) is 14.6. The van der Waals surface area contributed by atoms with Crippen LogP contribution in [0.3, 0.4) is 0 Å². The maximum absolute atomic E-state index is 14.8. The van der Waals surface area contributed by atoms with Gasteiger partial charge in [0, 0.05) is 35.5 Å². The molecule has 2 aromatic carbocycles. The second-order valence-corrected chi connectivity index (χ2v) is 14.8. The number of hydrogen-bond donors (Lipinski definition) is 1. The van der Waals surface area contributed by atoms with Crippen molar-refractivity contribution in [3.05, 3.63) is 67.8 Å². The first-order valence-corrected chi connectivity index (χ1v) is 17.6. The molecule has 3 heterocycles. The molecule has 7 nitrogen and oxygen atoms in total. The molecule has 3 aliphatic rings. The Bertz CT molecular complexity index is 1390. The number of halogens is 1. The van der Waals surface area contributed by atoms with Gasteiger partial charge in [0.15, 0.2) is 0 Å². The number of esters is 1. The van der Waals surface area contributed by atoms with Gasteiger partial charge in [0.1, 0.15) is 6.04 Å². The predicted molar refractivity (Wildman–Crippen MR) is 181 cm³/mol. The highest BCUT2D eigenvalue weighted by atomic mass is 79.9. The summed E-state index contributed by atoms with van der Waals surface area (Å²) in [4.78, 5) is 46.3. The highest BCUT2D eigenvalue weighted by Crippen LogP contribution is 2.68. The van der Waals surface area contributed by atoms with Crippen LogP contribution in [0, 0.1) is 11.8 Å². The van der Waals surface area contributed by atoms with Crippen LogP contribution in [0.2, 0.25) is 0 Å². The van der Waals surface area contributed by atoms with Gasteiger partial charge in [-0.3, -0.25) is 14.4 Å². The number of allylic oxidation sites excluding steroid dienone is 1. The average molecular weight is 684 g/mol. The average Bonchev–Trinajstić information content (AvgIpc) is 3.62. The highest BCUT2D eigenvalue weighted by Gasteiger charge is 2.76. The SMILES string of the molecule is C=CCCCCOC(=O)[C@H]1[C@H]2C(=O)N(CCCCCCO)C(C(=O)N(CC=C)c3ccc4ccccc4c3)C23CC(Br)[C@@H]1S3. The predicted octanol–water partition coefficient (Wildman–Crippen LogP) is 6.28. The molecule has 9 heteroatoms. The van der Waals surface area contributed by atoms with Crippen LogP contribution in [0.5, 0.6) is 0 Å². The number of thioether (sulfide) groups is 1. The lowest BCUT2D eigenvalue weighted by atomic mass is 9.71. The van der Waals surface area contributed by atoms with E-state index in [1.807, 2.05) is 48.5 Å². The first-order valence-electron chi connectivity index (χ1n) is 15.8. The number of aliphatic hydroxyl groups is 1.